The molecule has 3 aromatic rings. The Kier molecular flexibility index (Phi) is 11.4. The van der Waals surface area contributed by atoms with Crippen molar-refractivity contribution in [1.82, 2.24) is 19.4 Å². The number of nitrogens with zero attached hydrogens (tertiary/aromatic N) is 4. The summed E-state index contributed by atoms with van der Waals surface area (Å²) in [4.78, 5) is 23.3. The van der Waals surface area contributed by atoms with E-state index in [1.54, 1.807) is 12.1 Å². The van der Waals surface area contributed by atoms with Crippen molar-refractivity contribution >= 4 is 28.7 Å². The molecule has 0 radical (unpaired) electrons. The van der Waals surface area contributed by atoms with Crippen LogP contribution in [0.3, 0.4) is 0 Å². The highest BCUT2D eigenvalue weighted by Crippen LogP contribution is 2.37. The highest BCUT2D eigenvalue weighted by molar-refractivity contribution is 8.00. The first-order valence-electron chi connectivity index (χ1n) is 15.4. The summed E-state index contributed by atoms with van der Waals surface area (Å²) < 4.78 is 40.9. The van der Waals surface area contributed by atoms with Crippen molar-refractivity contribution in [2.24, 2.45) is 11.8 Å². The van der Waals surface area contributed by atoms with Gasteiger partial charge in [-0.15, -0.1) is 0 Å². The number of thioether (sulfide) groups is 1. The standard InChI is InChI=1S/C33H45F3N4OS/c1-24(2)15-21-39(22-16-25(3)4)32(41)27-11-14-29-30(23-27)40(20-8-19-38-17-6-5-7-18-38)31(37-29)26-9-12-28(13-10-26)42-33(34,35)36/h9-14,23-25H,5-8,15-22H2,1-4H3. The number of piperidine rings is 1. The number of carbonyl (C=O) groups excluding carboxylic acids is 1. The SMILES string of the molecule is CC(C)CCN(CCC(C)C)C(=O)c1ccc2nc(-c3ccc(SC(F)(F)F)cc3)n(CCCN3CCCCC3)c2c1. The monoisotopic (exact) mass is 602 g/mol. The van der Waals surface area contributed by atoms with E-state index in [4.69, 9.17) is 4.98 Å². The van der Waals surface area contributed by atoms with E-state index >= 15 is 0 Å². The smallest absolute Gasteiger partial charge is 0.339 e. The van der Waals surface area contributed by atoms with E-state index < -0.39 is 5.51 Å². The lowest BCUT2D eigenvalue weighted by Crippen LogP contribution is -2.34. The van der Waals surface area contributed by atoms with Crippen molar-refractivity contribution in [2.45, 2.75) is 83.2 Å². The fourth-order valence-corrected chi connectivity index (χ4v) is 6.01. The van der Waals surface area contributed by atoms with Crippen molar-refractivity contribution in [3.05, 3.63) is 48.0 Å². The molecule has 0 spiro atoms. The van der Waals surface area contributed by atoms with Gasteiger partial charge < -0.3 is 14.4 Å². The van der Waals surface area contributed by atoms with Gasteiger partial charge in [-0.05, 0) is 106 Å². The molecule has 1 aromatic heterocycles. The molecule has 230 valence electrons. The minimum Gasteiger partial charge on any atom is -0.339 e. The molecule has 0 aliphatic carbocycles. The Balaban J connectivity index is 1.65. The number of benzene rings is 2. The normalized spacial score (nSPS) is 14.8. The van der Waals surface area contributed by atoms with E-state index in [0.717, 1.165) is 68.6 Å². The predicted molar refractivity (Wildman–Crippen MR) is 167 cm³/mol. The molecule has 4 rings (SSSR count). The molecule has 0 bridgehead atoms. The summed E-state index contributed by atoms with van der Waals surface area (Å²) in [6.07, 6.45) is 6.58. The number of halogens is 3. The third-order valence-electron chi connectivity index (χ3n) is 7.89. The van der Waals surface area contributed by atoms with Crippen molar-refractivity contribution < 1.29 is 18.0 Å². The molecule has 0 saturated carbocycles. The summed E-state index contributed by atoms with van der Waals surface area (Å²) in [5.41, 5.74) is -1.25. The molecule has 1 aliphatic rings. The Hall–Kier alpha value is -2.52. The first-order chi connectivity index (χ1) is 20.0. The second kappa shape index (κ2) is 14.8. The number of carbonyl (C=O) groups is 1. The van der Waals surface area contributed by atoms with Crippen LogP contribution in [0.2, 0.25) is 0 Å². The van der Waals surface area contributed by atoms with Gasteiger partial charge in [0.05, 0.1) is 11.0 Å². The van der Waals surface area contributed by atoms with Gasteiger partial charge in [-0.2, -0.15) is 13.2 Å². The molecular formula is C33H45F3N4OS. The fourth-order valence-electron chi connectivity index (χ4n) is 5.47. The van der Waals surface area contributed by atoms with Gasteiger partial charge in [0.15, 0.2) is 0 Å². The lowest BCUT2D eigenvalue weighted by molar-refractivity contribution is -0.0328. The molecule has 9 heteroatoms. The lowest BCUT2D eigenvalue weighted by atomic mass is 10.1. The second-order valence-corrected chi connectivity index (χ2v) is 13.4. The average Bonchev–Trinajstić information content (AvgIpc) is 3.30. The van der Waals surface area contributed by atoms with Gasteiger partial charge in [-0.25, -0.2) is 4.98 Å². The molecule has 0 unspecified atom stereocenters. The Morgan fingerprint density at radius 3 is 2.17 bits per heavy atom. The Bertz CT molecular complexity index is 1290. The van der Waals surface area contributed by atoms with Crippen LogP contribution in [0.25, 0.3) is 22.4 Å². The summed E-state index contributed by atoms with van der Waals surface area (Å²) in [5.74, 6) is 1.76. The maximum absolute atomic E-state index is 13.8. The zero-order valence-electron chi connectivity index (χ0n) is 25.4. The summed E-state index contributed by atoms with van der Waals surface area (Å²) in [6, 6.07) is 12.2. The van der Waals surface area contributed by atoms with Crippen LogP contribution in [0.15, 0.2) is 47.4 Å². The Morgan fingerprint density at radius 2 is 1.57 bits per heavy atom. The molecule has 1 saturated heterocycles. The summed E-state index contributed by atoms with van der Waals surface area (Å²) in [5, 5.41) is 0. The van der Waals surface area contributed by atoms with E-state index in [1.807, 2.05) is 23.1 Å². The van der Waals surface area contributed by atoms with Crippen LogP contribution in [-0.2, 0) is 6.54 Å². The molecule has 1 aliphatic heterocycles. The number of hydrogen-bond donors (Lipinski definition) is 0. The van der Waals surface area contributed by atoms with Crippen LogP contribution >= 0.6 is 11.8 Å². The fraction of sp³-hybridized carbons (Fsp3) is 0.576. The number of hydrogen-bond acceptors (Lipinski definition) is 4. The number of imidazole rings is 1. The molecular weight excluding hydrogens is 557 g/mol. The first kappa shape index (κ1) is 32.4. The third kappa shape index (κ3) is 9.24. The minimum atomic E-state index is -4.33. The van der Waals surface area contributed by atoms with Gasteiger partial charge >= 0.3 is 5.51 Å². The van der Waals surface area contributed by atoms with Crippen molar-refractivity contribution in [1.29, 1.82) is 0 Å². The van der Waals surface area contributed by atoms with Crippen molar-refractivity contribution in [3.63, 3.8) is 0 Å². The zero-order chi connectivity index (χ0) is 30.3. The van der Waals surface area contributed by atoms with Gasteiger partial charge in [0.25, 0.3) is 5.91 Å². The predicted octanol–water partition coefficient (Wildman–Crippen LogP) is 8.73. The van der Waals surface area contributed by atoms with Crippen LogP contribution in [0.5, 0.6) is 0 Å². The highest BCUT2D eigenvalue weighted by atomic mass is 32.2. The summed E-state index contributed by atoms with van der Waals surface area (Å²) >= 11 is -0.112. The van der Waals surface area contributed by atoms with E-state index in [2.05, 4.69) is 37.2 Å². The van der Waals surface area contributed by atoms with Gasteiger partial charge in [-0.1, -0.05) is 46.2 Å². The summed E-state index contributed by atoms with van der Waals surface area (Å²) in [6.45, 7) is 14.1. The highest BCUT2D eigenvalue weighted by Gasteiger charge is 2.29. The maximum atomic E-state index is 13.8. The van der Waals surface area contributed by atoms with Crippen molar-refractivity contribution in [3.8, 4) is 11.4 Å². The molecule has 2 aromatic carbocycles. The summed E-state index contributed by atoms with van der Waals surface area (Å²) in [7, 11) is 0. The van der Waals surface area contributed by atoms with Gasteiger partial charge in [0.2, 0.25) is 0 Å². The van der Waals surface area contributed by atoms with Crippen molar-refractivity contribution in [2.75, 3.05) is 32.7 Å². The molecule has 0 atom stereocenters. The number of aromatic nitrogens is 2. The average molecular weight is 603 g/mol. The largest absolute Gasteiger partial charge is 0.446 e. The lowest BCUT2D eigenvalue weighted by Gasteiger charge is -2.26. The molecule has 42 heavy (non-hydrogen) atoms. The van der Waals surface area contributed by atoms with E-state index in [1.165, 1.54) is 31.4 Å². The number of likely N-dealkylation sites (tertiary alicyclic amines) is 1. The number of aryl methyl sites for hydroxylation is 1. The van der Waals surface area contributed by atoms with E-state index in [-0.39, 0.29) is 22.6 Å². The van der Waals surface area contributed by atoms with Gasteiger partial charge in [-0.3, -0.25) is 4.79 Å². The maximum Gasteiger partial charge on any atom is 0.446 e. The van der Waals surface area contributed by atoms with Crippen LogP contribution in [0.4, 0.5) is 13.2 Å². The van der Waals surface area contributed by atoms with E-state index in [0.29, 0.717) is 29.8 Å². The zero-order valence-corrected chi connectivity index (χ0v) is 26.2. The molecule has 0 N–H and O–H groups in total. The van der Waals surface area contributed by atoms with E-state index in [9.17, 15) is 18.0 Å². The Morgan fingerprint density at radius 1 is 0.929 bits per heavy atom. The molecule has 1 fully saturated rings. The van der Waals surface area contributed by atoms with Gasteiger partial charge in [0, 0.05) is 35.7 Å². The molecule has 1 amide bonds. The number of rotatable bonds is 13. The number of alkyl halides is 3. The van der Waals surface area contributed by atoms with Crippen LogP contribution in [-0.4, -0.2) is 63.5 Å². The Labute approximate surface area is 252 Å². The first-order valence-corrected chi connectivity index (χ1v) is 16.2. The molecule has 5 nitrogen and oxygen atoms in total. The third-order valence-corrected chi connectivity index (χ3v) is 8.63. The topological polar surface area (TPSA) is 41.4 Å². The minimum absolute atomic E-state index is 0.0364. The van der Waals surface area contributed by atoms with Crippen LogP contribution < -0.4 is 0 Å². The van der Waals surface area contributed by atoms with Crippen LogP contribution in [0, 0.1) is 11.8 Å². The molecule has 2 heterocycles. The van der Waals surface area contributed by atoms with Crippen LogP contribution in [0.1, 0.15) is 76.6 Å². The van der Waals surface area contributed by atoms with Gasteiger partial charge in [0.1, 0.15) is 5.82 Å². The number of amides is 1. The second-order valence-electron chi connectivity index (χ2n) is 12.3. The number of fused-ring (bicyclic) bond motifs is 1. The quantitative estimate of drug-likeness (QED) is 0.184.